The van der Waals surface area contributed by atoms with Gasteiger partial charge in [0.1, 0.15) is 0 Å². The summed E-state index contributed by atoms with van der Waals surface area (Å²) in [4.78, 5) is 17.2. The summed E-state index contributed by atoms with van der Waals surface area (Å²) in [5, 5.41) is 13.2. The van der Waals surface area contributed by atoms with Crippen LogP contribution in [0, 0.1) is 6.92 Å². The standard InChI is InChI=1S/C18H20N4O2S2/c1-4-19-17-21-22-18(26-17)25-10-14-15(16(23)24-5-2)11(3)12-8-6-7-9-13(12)20-14/h6-9H,4-5,10H2,1-3H3,(H,19,21). The lowest BCUT2D eigenvalue weighted by molar-refractivity contribution is 0.0524. The van der Waals surface area contributed by atoms with Gasteiger partial charge >= 0.3 is 5.97 Å². The van der Waals surface area contributed by atoms with Gasteiger partial charge in [0.05, 0.1) is 23.4 Å². The number of hydrogen-bond donors (Lipinski definition) is 1. The van der Waals surface area contributed by atoms with Gasteiger partial charge in [-0.3, -0.25) is 4.98 Å². The first-order valence-corrected chi connectivity index (χ1v) is 10.2. The fraction of sp³-hybridized carbons (Fsp3) is 0.333. The summed E-state index contributed by atoms with van der Waals surface area (Å²) in [6.07, 6.45) is 0. The lowest BCUT2D eigenvalue weighted by Crippen LogP contribution is -2.12. The van der Waals surface area contributed by atoms with Crippen LogP contribution in [-0.4, -0.2) is 34.3 Å². The molecule has 0 bridgehead atoms. The zero-order valence-electron chi connectivity index (χ0n) is 14.9. The second kappa shape index (κ2) is 8.46. The van der Waals surface area contributed by atoms with Crippen LogP contribution in [0.3, 0.4) is 0 Å². The highest BCUT2D eigenvalue weighted by atomic mass is 32.2. The van der Waals surface area contributed by atoms with E-state index >= 15 is 0 Å². The monoisotopic (exact) mass is 388 g/mol. The number of aromatic nitrogens is 3. The normalized spacial score (nSPS) is 10.9. The third-order valence-electron chi connectivity index (χ3n) is 3.77. The first-order valence-electron chi connectivity index (χ1n) is 8.39. The molecule has 1 N–H and O–H groups in total. The van der Waals surface area contributed by atoms with Crippen molar-refractivity contribution in [2.24, 2.45) is 0 Å². The maximum Gasteiger partial charge on any atom is 0.340 e. The molecular formula is C18H20N4O2S2. The lowest BCUT2D eigenvalue weighted by atomic mass is 10.0. The molecular weight excluding hydrogens is 368 g/mol. The van der Waals surface area contributed by atoms with Gasteiger partial charge in [-0.2, -0.15) is 0 Å². The SMILES string of the molecule is CCNc1nnc(SCc2nc3ccccc3c(C)c2C(=O)OCC)s1. The third kappa shape index (κ3) is 3.96. The van der Waals surface area contributed by atoms with Gasteiger partial charge in [0.2, 0.25) is 5.13 Å². The van der Waals surface area contributed by atoms with E-state index in [0.29, 0.717) is 23.6 Å². The zero-order valence-corrected chi connectivity index (χ0v) is 16.5. The van der Waals surface area contributed by atoms with Crippen molar-refractivity contribution in [1.82, 2.24) is 15.2 Å². The summed E-state index contributed by atoms with van der Waals surface area (Å²) in [5.74, 6) is 0.199. The molecule has 0 unspecified atom stereocenters. The van der Waals surface area contributed by atoms with Gasteiger partial charge in [-0.05, 0) is 32.4 Å². The highest BCUT2D eigenvalue weighted by Crippen LogP contribution is 2.31. The first kappa shape index (κ1) is 18.6. The molecule has 0 saturated heterocycles. The molecule has 2 heterocycles. The van der Waals surface area contributed by atoms with Crippen molar-refractivity contribution in [3.05, 3.63) is 41.1 Å². The van der Waals surface area contributed by atoms with E-state index in [1.165, 1.54) is 23.1 Å². The Balaban J connectivity index is 1.94. The number of hydrogen-bond acceptors (Lipinski definition) is 8. The van der Waals surface area contributed by atoms with Crippen LogP contribution in [0.5, 0.6) is 0 Å². The average Bonchev–Trinajstić information content (AvgIpc) is 3.08. The van der Waals surface area contributed by atoms with Gasteiger partial charge in [-0.1, -0.05) is 41.3 Å². The Labute approximate surface area is 160 Å². The lowest BCUT2D eigenvalue weighted by Gasteiger charge is -2.13. The Morgan fingerprint density at radius 2 is 2.08 bits per heavy atom. The fourth-order valence-corrected chi connectivity index (χ4v) is 4.40. The second-order valence-corrected chi connectivity index (χ2v) is 7.69. The number of carbonyl (C=O) groups excluding carboxylic acids is 1. The second-order valence-electron chi connectivity index (χ2n) is 5.49. The van der Waals surface area contributed by atoms with Gasteiger partial charge < -0.3 is 10.1 Å². The molecule has 8 heteroatoms. The number of fused-ring (bicyclic) bond motifs is 1. The van der Waals surface area contributed by atoms with Crippen molar-refractivity contribution in [2.75, 3.05) is 18.5 Å². The molecule has 3 rings (SSSR count). The Kier molecular flexibility index (Phi) is 6.05. The van der Waals surface area contributed by atoms with Gasteiger partial charge in [0, 0.05) is 17.7 Å². The molecule has 2 aromatic heterocycles. The molecule has 1 aromatic carbocycles. The van der Waals surface area contributed by atoms with E-state index in [-0.39, 0.29) is 5.97 Å². The quantitative estimate of drug-likeness (QED) is 0.478. The van der Waals surface area contributed by atoms with Crippen molar-refractivity contribution < 1.29 is 9.53 Å². The van der Waals surface area contributed by atoms with Crippen LogP contribution in [0.4, 0.5) is 5.13 Å². The van der Waals surface area contributed by atoms with Gasteiger partial charge in [-0.15, -0.1) is 10.2 Å². The minimum atomic E-state index is -0.329. The van der Waals surface area contributed by atoms with Crippen LogP contribution in [-0.2, 0) is 10.5 Å². The van der Waals surface area contributed by atoms with Crippen molar-refractivity contribution in [3.8, 4) is 0 Å². The summed E-state index contributed by atoms with van der Waals surface area (Å²) >= 11 is 3.02. The molecule has 0 aliphatic rings. The Morgan fingerprint density at radius 1 is 1.27 bits per heavy atom. The van der Waals surface area contributed by atoms with Crippen LogP contribution in [0.2, 0.25) is 0 Å². The van der Waals surface area contributed by atoms with Crippen LogP contribution in [0.15, 0.2) is 28.6 Å². The molecule has 0 amide bonds. The van der Waals surface area contributed by atoms with Crippen molar-refractivity contribution >= 4 is 45.1 Å². The number of nitrogens with zero attached hydrogens (tertiary/aromatic N) is 3. The summed E-state index contributed by atoms with van der Waals surface area (Å²) in [7, 11) is 0. The molecule has 26 heavy (non-hydrogen) atoms. The average molecular weight is 389 g/mol. The molecule has 136 valence electrons. The Hall–Kier alpha value is -2.19. The highest BCUT2D eigenvalue weighted by molar-refractivity contribution is 8.00. The highest BCUT2D eigenvalue weighted by Gasteiger charge is 2.20. The Morgan fingerprint density at radius 3 is 2.85 bits per heavy atom. The number of benzene rings is 1. The Bertz CT molecular complexity index is 927. The van der Waals surface area contributed by atoms with Crippen LogP contribution >= 0.6 is 23.1 Å². The molecule has 0 aliphatic carbocycles. The van der Waals surface area contributed by atoms with E-state index in [2.05, 4.69) is 15.5 Å². The minimum absolute atomic E-state index is 0.329. The smallest absolute Gasteiger partial charge is 0.340 e. The number of esters is 1. The van der Waals surface area contributed by atoms with E-state index in [9.17, 15) is 4.79 Å². The van der Waals surface area contributed by atoms with E-state index in [4.69, 9.17) is 9.72 Å². The van der Waals surface area contributed by atoms with Gasteiger partial charge in [-0.25, -0.2) is 4.79 Å². The van der Waals surface area contributed by atoms with Crippen LogP contribution < -0.4 is 5.32 Å². The number of rotatable bonds is 7. The van der Waals surface area contributed by atoms with Crippen LogP contribution in [0.1, 0.15) is 35.5 Å². The summed E-state index contributed by atoms with van der Waals surface area (Å²) in [5.41, 5.74) is 3.04. The molecule has 3 aromatic rings. The largest absolute Gasteiger partial charge is 0.462 e. The van der Waals surface area contributed by atoms with E-state index < -0.39 is 0 Å². The van der Waals surface area contributed by atoms with E-state index in [0.717, 1.165) is 32.5 Å². The van der Waals surface area contributed by atoms with Crippen molar-refractivity contribution in [1.29, 1.82) is 0 Å². The number of carbonyl (C=O) groups is 1. The van der Waals surface area contributed by atoms with Gasteiger partial charge in [0.15, 0.2) is 4.34 Å². The number of aryl methyl sites for hydroxylation is 1. The topological polar surface area (TPSA) is 77.0 Å². The maximum atomic E-state index is 12.5. The first-order chi connectivity index (χ1) is 12.6. The molecule has 0 radical (unpaired) electrons. The predicted octanol–water partition coefficient (Wildman–Crippen LogP) is 4.30. The number of anilines is 1. The fourth-order valence-electron chi connectivity index (χ4n) is 2.64. The van der Waals surface area contributed by atoms with Gasteiger partial charge in [0.25, 0.3) is 0 Å². The molecule has 0 fully saturated rings. The summed E-state index contributed by atoms with van der Waals surface area (Å²) in [6.45, 7) is 6.90. The maximum absolute atomic E-state index is 12.5. The van der Waals surface area contributed by atoms with Crippen molar-refractivity contribution in [2.45, 2.75) is 30.9 Å². The van der Waals surface area contributed by atoms with Crippen LogP contribution in [0.25, 0.3) is 10.9 Å². The number of nitrogens with one attached hydrogen (secondary N) is 1. The number of ether oxygens (including phenoxy) is 1. The molecule has 0 aliphatic heterocycles. The van der Waals surface area contributed by atoms with E-state index in [1.807, 2.05) is 38.1 Å². The molecule has 0 spiro atoms. The summed E-state index contributed by atoms with van der Waals surface area (Å²) < 4.78 is 6.10. The zero-order chi connectivity index (χ0) is 18.5. The predicted molar refractivity (Wildman–Crippen MR) is 106 cm³/mol. The number of para-hydroxylation sites is 1. The third-order valence-corrected chi connectivity index (χ3v) is 5.80. The number of thioether (sulfide) groups is 1. The molecule has 6 nitrogen and oxygen atoms in total. The van der Waals surface area contributed by atoms with Crippen molar-refractivity contribution in [3.63, 3.8) is 0 Å². The number of pyridine rings is 1. The molecule has 0 saturated carbocycles. The minimum Gasteiger partial charge on any atom is -0.462 e. The van der Waals surface area contributed by atoms with E-state index in [1.54, 1.807) is 6.92 Å². The summed E-state index contributed by atoms with van der Waals surface area (Å²) in [6, 6.07) is 7.83. The molecule has 0 atom stereocenters.